The van der Waals surface area contributed by atoms with Gasteiger partial charge in [0.15, 0.2) is 5.76 Å². The van der Waals surface area contributed by atoms with Crippen LogP contribution in [0.2, 0.25) is 0 Å². The number of Topliss-reactive ketones (excluding diaryl/α,β-unsaturated/α-hetero) is 2. The zero-order chi connectivity index (χ0) is 19.5. The Kier molecular flexibility index (Phi) is 5.79. The highest BCUT2D eigenvalue weighted by Gasteiger charge is 2.54. The fourth-order valence-corrected chi connectivity index (χ4v) is 2.65. The highest BCUT2D eigenvalue weighted by atomic mass is 16.6. The van der Waals surface area contributed by atoms with Gasteiger partial charge in [0, 0.05) is 25.3 Å². The van der Waals surface area contributed by atoms with Crippen LogP contribution >= 0.6 is 0 Å². The van der Waals surface area contributed by atoms with Gasteiger partial charge >= 0.3 is 11.9 Å². The van der Waals surface area contributed by atoms with Crippen LogP contribution in [0, 0.1) is 0 Å². The normalized spacial score (nSPS) is 22.2. The van der Waals surface area contributed by atoms with Gasteiger partial charge in [0.25, 0.3) is 0 Å². The van der Waals surface area contributed by atoms with Crippen molar-refractivity contribution in [3.63, 3.8) is 0 Å². The van der Waals surface area contributed by atoms with Crippen LogP contribution in [0.3, 0.4) is 0 Å². The molecular formula is C19H22O7. The Morgan fingerprint density at radius 2 is 1.88 bits per heavy atom. The maximum absolute atomic E-state index is 12.9. The van der Waals surface area contributed by atoms with Gasteiger partial charge in [-0.05, 0) is 19.4 Å². The van der Waals surface area contributed by atoms with Crippen LogP contribution < -0.4 is 0 Å². The van der Waals surface area contributed by atoms with E-state index in [1.165, 1.54) is 19.3 Å². The summed E-state index contributed by atoms with van der Waals surface area (Å²) in [5.74, 6) is -2.75. The molecule has 0 amide bonds. The summed E-state index contributed by atoms with van der Waals surface area (Å²) in [5, 5.41) is 0. The summed E-state index contributed by atoms with van der Waals surface area (Å²) in [6.07, 6.45) is 5.15. The molecule has 26 heavy (non-hydrogen) atoms. The Morgan fingerprint density at radius 1 is 1.19 bits per heavy atom. The van der Waals surface area contributed by atoms with Crippen LogP contribution in [0.1, 0.15) is 53.4 Å². The van der Waals surface area contributed by atoms with Gasteiger partial charge < -0.3 is 14.2 Å². The molecule has 2 rings (SSSR count). The number of ketones is 2. The third-order valence-electron chi connectivity index (χ3n) is 4.11. The Bertz CT molecular complexity index is 754. The van der Waals surface area contributed by atoms with E-state index in [0.29, 0.717) is 12.2 Å². The highest BCUT2D eigenvalue weighted by Crippen LogP contribution is 2.38. The Hall–Kier alpha value is -2.70. The minimum absolute atomic E-state index is 0.00770. The van der Waals surface area contributed by atoms with Crippen LogP contribution in [0.25, 0.3) is 0 Å². The summed E-state index contributed by atoms with van der Waals surface area (Å²) in [7, 11) is 0. The first-order chi connectivity index (χ1) is 12.2. The van der Waals surface area contributed by atoms with Gasteiger partial charge in [0.1, 0.15) is 12.0 Å². The van der Waals surface area contributed by atoms with Gasteiger partial charge in [-0.3, -0.25) is 19.2 Å². The van der Waals surface area contributed by atoms with Crippen molar-refractivity contribution in [2.75, 3.05) is 0 Å². The number of hydrogen-bond acceptors (Lipinski definition) is 7. The summed E-state index contributed by atoms with van der Waals surface area (Å²) in [6, 6.07) is 0. The van der Waals surface area contributed by atoms with Crippen LogP contribution in [-0.4, -0.2) is 29.1 Å². The molecule has 0 N–H and O–H groups in total. The summed E-state index contributed by atoms with van der Waals surface area (Å²) in [5.41, 5.74) is -1.88. The van der Waals surface area contributed by atoms with Crippen molar-refractivity contribution in [2.45, 2.75) is 59.0 Å². The molecule has 0 radical (unpaired) electrons. The number of unbranched alkanes of at least 4 members (excludes halogenated alkanes) is 1. The van der Waals surface area contributed by atoms with Crippen molar-refractivity contribution in [1.29, 1.82) is 0 Å². The zero-order valence-electron chi connectivity index (χ0n) is 15.3. The van der Waals surface area contributed by atoms with Gasteiger partial charge in [0.05, 0.1) is 5.57 Å². The molecule has 2 aliphatic rings. The molecule has 0 aromatic carbocycles. The van der Waals surface area contributed by atoms with Crippen LogP contribution in [-0.2, 0) is 33.4 Å². The van der Waals surface area contributed by atoms with Crippen molar-refractivity contribution < 1.29 is 33.4 Å². The minimum atomic E-state index is -2.09. The van der Waals surface area contributed by atoms with Gasteiger partial charge in [-0.25, -0.2) is 0 Å². The molecule has 1 unspecified atom stereocenters. The molecule has 1 heterocycles. The minimum Gasteiger partial charge on any atom is -0.469 e. The van der Waals surface area contributed by atoms with Crippen LogP contribution in [0.5, 0.6) is 0 Å². The van der Waals surface area contributed by atoms with Gasteiger partial charge in [-0.2, -0.15) is 0 Å². The Balaban J connectivity index is 2.55. The lowest BCUT2D eigenvalue weighted by atomic mass is 9.79. The van der Waals surface area contributed by atoms with Crippen molar-refractivity contribution in [2.24, 2.45) is 0 Å². The number of carbonyl (C=O) groups excluding carboxylic acids is 4. The number of allylic oxidation sites excluding steroid dienone is 3. The van der Waals surface area contributed by atoms with Crippen molar-refractivity contribution in [1.82, 2.24) is 0 Å². The average Bonchev–Trinajstić information content (AvgIpc) is 2.61. The average molecular weight is 362 g/mol. The highest BCUT2D eigenvalue weighted by molar-refractivity contribution is 6.28. The molecule has 0 saturated carbocycles. The van der Waals surface area contributed by atoms with E-state index in [9.17, 15) is 19.2 Å². The third-order valence-corrected chi connectivity index (χ3v) is 4.11. The predicted molar refractivity (Wildman–Crippen MR) is 90.4 cm³/mol. The standard InChI is InChI=1S/C19H22O7/c1-5-7-8-12-9-13-14(10-24-12)17(22)19(4,26-15(21)6-2)18(23)16(13)25-11(3)20/h9-10H,5-8H2,1-4H3. The molecule has 0 aromatic heterocycles. The Morgan fingerprint density at radius 3 is 2.46 bits per heavy atom. The number of carbonyl (C=O) groups is 4. The van der Waals surface area contributed by atoms with E-state index in [0.717, 1.165) is 19.8 Å². The van der Waals surface area contributed by atoms with Crippen molar-refractivity contribution in [3.8, 4) is 0 Å². The first kappa shape index (κ1) is 19.6. The number of fused-ring (bicyclic) bond motifs is 1. The maximum atomic E-state index is 12.9. The Labute approximate surface area is 151 Å². The van der Waals surface area contributed by atoms with E-state index < -0.39 is 29.1 Å². The third kappa shape index (κ3) is 3.61. The van der Waals surface area contributed by atoms with E-state index in [1.54, 1.807) is 6.92 Å². The molecule has 7 nitrogen and oxygen atoms in total. The predicted octanol–water partition coefficient (Wildman–Crippen LogP) is 2.66. The van der Waals surface area contributed by atoms with Crippen molar-refractivity contribution >= 4 is 23.5 Å². The number of hydrogen-bond donors (Lipinski definition) is 0. The van der Waals surface area contributed by atoms with Crippen molar-refractivity contribution in [3.05, 3.63) is 35.0 Å². The SMILES string of the molecule is CCCCC1=CC2=C(OC(C)=O)C(=O)C(C)(OC(=O)CC)C(=O)C2=CO1. The zero-order valence-corrected chi connectivity index (χ0v) is 15.3. The van der Waals surface area contributed by atoms with E-state index in [2.05, 4.69) is 0 Å². The summed E-state index contributed by atoms with van der Waals surface area (Å²) in [6.45, 7) is 5.92. The molecule has 1 atom stereocenters. The second kappa shape index (κ2) is 7.68. The first-order valence-electron chi connectivity index (χ1n) is 8.56. The number of rotatable bonds is 6. The van der Waals surface area contributed by atoms with Gasteiger partial charge in [-0.1, -0.05) is 20.3 Å². The van der Waals surface area contributed by atoms with E-state index in [4.69, 9.17) is 14.2 Å². The lowest BCUT2D eigenvalue weighted by molar-refractivity contribution is -0.171. The van der Waals surface area contributed by atoms with E-state index in [1.807, 2.05) is 6.92 Å². The molecule has 0 aromatic rings. The summed E-state index contributed by atoms with van der Waals surface area (Å²) >= 11 is 0. The first-order valence-corrected chi connectivity index (χ1v) is 8.56. The van der Waals surface area contributed by atoms with Gasteiger partial charge in [-0.15, -0.1) is 0 Å². The fraction of sp³-hybridized carbons (Fsp3) is 0.474. The molecule has 0 bridgehead atoms. The smallest absolute Gasteiger partial charge is 0.308 e. The fourth-order valence-electron chi connectivity index (χ4n) is 2.65. The monoisotopic (exact) mass is 362 g/mol. The second-order valence-corrected chi connectivity index (χ2v) is 6.22. The van der Waals surface area contributed by atoms with E-state index >= 15 is 0 Å². The molecule has 0 spiro atoms. The molecular weight excluding hydrogens is 340 g/mol. The van der Waals surface area contributed by atoms with E-state index in [-0.39, 0.29) is 23.3 Å². The molecule has 1 aliphatic heterocycles. The number of esters is 2. The van der Waals surface area contributed by atoms with Crippen LogP contribution in [0.4, 0.5) is 0 Å². The van der Waals surface area contributed by atoms with Crippen LogP contribution in [0.15, 0.2) is 35.0 Å². The van der Waals surface area contributed by atoms with Gasteiger partial charge in [0.2, 0.25) is 17.2 Å². The molecule has 0 fully saturated rings. The topological polar surface area (TPSA) is 96.0 Å². The number of ether oxygens (including phenoxy) is 3. The molecule has 1 aliphatic carbocycles. The molecule has 140 valence electrons. The quantitative estimate of drug-likeness (QED) is 0.529. The largest absolute Gasteiger partial charge is 0.469 e. The lowest BCUT2D eigenvalue weighted by Gasteiger charge is -2.33. The second-order valence-electron chi connectivity index (χ2n) is 6.22. The molecule has 7 heteroatoms. The molecule has 0 saturated heterocycles. The summed E-state index contributed by atoms with van der Waals surface area (Å²) < 4.78 is 15.7. The lowest BCUT2D eigenvalue weighted by Crippen LogP contribution is -2.53. The summed E-state index contributed by atoms with van der Waals surface area (Å²) in [4.78, 5) is 48.9. The maximum Gasteiger partial charge on any atom is 0.308 e.